The molecule has 0 nitrogen and oxygen atoms in total. The quantitative estimate of drug-likeness (QED) is 0.482. The van der Waals surface area contributed by atoms with Crippen LogP contribution in [0.2, 0.25) is 0 Å². The molecule has 1 heteroatoms. The zero-order valence-electron chi connectivity index (χ0n) is 5.82. The molecule has 1 rings (SSSR count). The van der Waals surface area contributed by atoms with E-state index in [0.717, 1.165) is 5.92 Å². The van der Waals surface area contributed by atoms with Crippen LogP contribution in [0.15, 0.2) is 0 Å². The van der Waals surface area contributed by atoms with Gasteiger partial charge < -0.3 is 0 Å². The van der Waals surface area contributed by atoms with Gasteiger partial charge in [-0.05, 0) is 5.92 Å². The SMILES string of the molecule is CC1CCCCC1.[Zn]. The van der Waals surface area contributed by atoms with E-state index in [1.54, 1.807) is 0 Å². The third-order valence-corrected chi connectivity index (χ3v) is 1.89. The maximum atomic E-state index is 2.36. The van der Waals surface area contributed by atoms with Crippen molar-refractivity contribution in [2.45, 2.75) is 39.0 Å². The van der Waals surface area contributed by atoms with E-state index in [0.29, 0.717) is 0 Å². The monoisotopic (exact) mass is 162 g/mol. The van der Waals surface area contributed by atoms with Gasteiger partial charge in [-0.25, -0.2) is 0 Å². The number of rotatable bonds is 0. The van der Waals surface area contributed by atoms with Crippen LogP contribution in [0.3, 0.4) is 0 Å². The zero-order chi connectivity index (χ0) is 5.11. The Kier molecular flexibility index (Phi) is 4.85. The van der Waals surface area contributed by atoms with Crippen molar-refractivity contribution in [1.82, 2.24) is 0 Å². The average Bonchev–Trinajstić information content (AvgIpc) is 1.69. The van der Waals surface area contributed by atoms with E-state index in [2.05, 4.69) is 6.92 Å². The first-order chi connectivity index (χ1) is 3.39. The van der Waals surface area contributed by atoms with Crippen molar-refractivity contribution < 1.29 is 19.5 Å². The van der Waals surface area contributed by atoms with E-state index in [1.807, 2.05) is 0 Å². The van der Waals surface area contributed by atoms with Gasteiger partial charge in [0.25, 0.3) is 0 Å². The minimum absolute atomic E-state index is 0. The second-order valence-corrected chi connectivity index (χ2v) is 2.74. The second kappa shape index (κ2) is 4.50. The van der Waals surface area contributed by atoms with Gasteiger partial charge in [-0.1, -0.05) is 39.0 Å². The Morgan fingerprint density at radius 1 is 1.00 bits per heavy atom. The molecule has 0 saturated heterocycles. The maximum absolute atomic E-state index is 2.36. The van der Waals surface area contributed by atoms with Crippen LogP contribution in [0.1, 0.15) is 39.0 Å². The molecule has 0 bridgehead atoms. The van der Waals surface area contributed by atoms with Crippen LogP contribution in [0.25, 0.3) is 0 Å². The number of hydrogen-bond donors (Lipinski definition) is 0. The Morgan fingerprint density at radius 2 is 1.50 bits per heavy atom. The molecular formula is C7H14Zn. The molecule has 0 N–H and O–H groups in total. The molecule has 8 heavy (non-hydrogen) atoms. The van der Waals surface area contributed by atoms with Crippen LogP contribution >= 0.6 is 0 Å². The van der Waals surface area contributed by atoms with E-state index in [1.165, 1.54) is 32.1 Å². The molecule has 0 atom stereocenters. The van der Waals surface area contributed by atoms with Crippen LogP contribution in [-0.4, -0.2) is 0 Å². The summed E-state index contributed by atoms with van der Waals surface area (Å²) in [5, 5.41) is 0. The maximum Gasteiger partial charge on any atom is 0 e. The predicted molar refractivity (Wildman–Crippen MR) is 32.2 cm³/mol. The van der Waals surface area contributed by atoms with Gasteiger partial charge in [0.15, 0.2) is 0 Å². The molecule has 0 amide bonds. The van der Waals surface area contributed by atoms with Gasteiger partial charge in [-0.15, -0.1) is 0 Å². The largest absolute Gasteiger partial charge is 0.0625 e. The van der Waals surface area contributed by atoms with Crippen LogP contribution in [0.4, 0.5) is 0 Å². The van der Waals surface area contributed by atoms with Crippen LogP contribution < -0.4 is 0 Å². The molecule has 0 aromatic rings. The van der Waals surface area contributed by atoms with Crippen molar-refractivity contribution in [3.63, 3.8) is 0 Å². The van der Waals surface area contributed by atoms with Crippen molar-refractivity contribution in [3.05, 3.63) is 0 Å². The molecule has 1 aliphatic rings. The smallest absolute Gasteiger partial charge is 0 e. The molecule has 1 fully saturated rings. The van der Waals surface area contributed by atoms with Gasteiger partial charge in [0.1, 0.15) is 0 Å². The van der Waals surface area contributed by atoms with Gasteiger partial charge in [-0.2, -0.15) is 0 Å². The van der Waals surface area contributed by atoms with E-state index in [-0.39, 0.29) is 19.5 Å². The van der Waals surface area contributed by atoms with E-state index in [4.69, 9.17) is 0 Å². The Hall–Kier alpha value is 0.623. The minimum atomic E-state index is 0. The van der Waals surface area contributed by atoms with Gasteiger partial charge in [0.2, 0.25) is 0 Å². The summed E-state index contributed by atoms with van der Waals surface area (Å²) in [5.41, 5.74) is 0. The molecule has 0 heterocycles. The molecule has 1 aliphatic carbocycles. The molecule has 1 saturated carbocycles. The standard InChI is InChI=1S/C7H14.Zn/c1-7-5-3-2-4-6-7;/h7H,2-6H2,1H3;. The van der Waals surface area contributed by atoms with E-state index in [9.17, 15) is 0 Å². The summed E-state index contributed by atoms with van der Waals surface area (Å²) < 4.78 is 0. The average molecular weight is 164 g/mol. The van der Waals surface area contributed by atoms with Gasteiger partial charge in [-0.3, -0.25) is 0 Å². The van der Waals surface area contributed by atoms with Crippen molar-refractivity contribution in [1.29, 1.82) is 0 Å². The van der Waals surface area contributed by atoms with Crippen LogP contribution in [-0.2, 0) is 19.5 Å². The molecule has 0 spiro atoms. The fraction of sp³-hybridized carbons (Fsp3) is 1.00. The third kappa shape index (κ3) is 2.82. The molecule has 0 aromatic carbocycles. The summed E-state index contributed by atoms with van der Waals surface area (Å²) in [6.07, 6.45) is 7.44. The van der Waals surface area contributed by atoms with Crippen molar-refractivity contribution in [3.8, 4) is 0 Å². The first kappa shape index (κ1) is 8.62. The van der Waals surface area contributed by atoms with Crippen LogP contribution in [0, 0.1) is 5.92 Å². The summed E-state index contributed by atoms with van der Waals surface area (Å²) in [6.45, 7) is 2.36. The molecule has 44 valence electrons. The van der Waals surface area contributed by atoms with Crippen molar-refractivity contribution in [2.24, 2.45) is 5.92 Å². The Morgan fingerprint density at radius 3 is 1.75 bits per heavy atom. The Balaban J connectivity index is 0.000000490. The topological polar surface area (TPSA) is 0 Å². The molecule has 0 aromatic heterocycles. The van der Waals surface area contributed by atoms with Gasteiger partial charge >= 0.3 is 0 Å². The molecule has 0 radical (unpaired) electrons. The third-order valence-electron chi connectivity index (χ3n) is 1.89. The van der Waals surface area contributed by atoms with Crippen molar-refractivity contribution >= 4 is 0 Å². The number of hydrogen-bond acceptors (Lipinski definition) is 0. The first-order valence-corrected chi connectivity index (χ1v) is 3.39. The molecular weight excluding hydrogens is 149 g/mol. The van der Waals surface area contributed by atoms with E-state index >= 15 is 0 Å². The Bertz CT molecular complexity index is 46.3. The summed E-state index contributed by atoms with van der Waals surface area (Å²) in [7, 11) is 0. The molecule has 0 unspecified atom stereocenters. The van der Waals surface area contributed by atoms with E-state index < -0.39 is 0 Å². The van der Waals surface area contributed by atoms with Crippen LogP contribution in [0.5, 0.6) is 0 Å². The summed E-state index contributed by atoms with van der Waals surface area (Å²) in [4.78, 5) is 0. The summed E-state index contributed by atoms with van der Waals surface area (Å²) in [6, 6.07) is 0. The summed E-state index contributed by atoms with van der Waals surface area (Å²) >= 11 is 0. The molecule has 0 aliphatic heterocycles. The zero-order valence-corrected chi connectivity index (χ0v) is 8.79. The fourth-order valence-electron chi connectivity index (χ4n) is 1.31. The second-order valence-electron chi connectivity index (χ2n) is 2.74. The van der Waals surface area contributed by atoms with Gasteiger partial charge in [0.05, 0.1) is 0 Å². The first-order valence-electron chi connectivity index (χ1n) is 3.39. The fourth-order valence-corrected chi connectivity index (χ4v) is 1.31. The Labute approximate surface area is 64.8 Å². The predicted octanol–water partition coefficient (Wildman–Crippen LogP) is 2.58. The van der Waals surface area contributed by atoms with Gasteiger partial charge in [0, 0.05) is 19.5 Å². The normalized spacial score (nSPS) is 22.1. The van der Waals surface area contributed by atoms with Crippen molar-refractivity contribution in [2.75, 3.05) is 0 Å². The summed E-state index contributed by atoms with van der Waals surface area (Å²) in [5.74, 6) is 1.04. The minimum Gasteiger partial charge on any atom is -0.0625 e.